The highest BCUT2D eigenvalue weighted by molar-refractivity contribution is 5.69. The van der Waals surface area contributed by atoms with Crippen LogP contribution in [0.15, 0.2) is 0 Å². The molecule has 0 bridgehead atoms. The fourth-order valence-electron chi connectivity index (χ4n) is 0.969. The molecule has 1 rings (SSSR count). The van der Waals surface area contributed by atoms with Gasteiger partial charge in [0.25, 0.3) is 0 Å². The molecule has 0 aromatic heterocycles. The highest BCUT2D eigenvalue weighted by Crippen LogP contribution is 2.13. The van der Waals surface area contributed by atoms with Crippen LogP contribution in [0.1, 0.15) is 13.3 Å². The Kier molecular flexibility index (Phi) is 2.84. The number of carbonyl (C=O) groups excluding carboxylic acids is 1. The molecule has 1 heterocycles. The third kappa shape index (κ3) is 2.48. The second-order valence-corrected chi connectivity index (χ2v) is 2.44. The number of methoxy groups -OCH3 is 1. The molecule has 4 heteroatoms. The highest BCUT2D eigenvalue weighted by atomic mass is 16.7. The van der Waals surface area contributed by atoms with E-state index in [1.165, 1.54) is 7.11 Å². The Morgan fingerprint density at radius 2 is 2.45 bits per heavy atom. The Morgan fingerprint density at radius 3 is 2.91 bits per heavy atom. The lowest BCUT2D eigenvalue weighted by molar-refractivity contribution is -0.143. The molecule has 0 amide bonds. The lowest BCUT2D eigenvalue weighted by Gasteiger charge is -2.05. The van der Waals surface area contributed by atoms with E-state index in [0.717, 1.165) is 0 Å². The molecule has 1 aliphatic rings. The number of esters is 1. The molecule has 64 valence electrons. The molecule has 11 heavy (non-hydrogen) atoms. The maximum absolute atomic E-state index is 10.7. The molecule has 4 nitrogen and oxygen atoms in total. The van der Waals surface area contributed by atoms with Gasteiger partial charge in [0.2, 0.25) is 0 Å². The van der Waals surface area contributed by atoms with Crippen molar-refractivity contribution in [3.8, 4) is 0 Å². The van der Waals surface area contributed by atoms with Crippen molar-refractivity contribution in [3.05, 3.63) is 0 Å². The van der Waals surface area contributed by atoms with Gasteiger partial charge in [-0.2, -0.15) is 0 Å². The summed E-state index contributed by atoms with van der Waals surface area (Å²) in [6.45, 7) is 2.29. The molecular formula is C7H12O4. The van der Waals surface area contributed by atoms with Gasteiger partial charge in [-0.1, -0.05) is 0 Å². The first-order valence-electron chi connectivity index (χ1n) is 3.56. The minimum Gasteiger partial charge on any atom is -0.469 e. The third-order valence-corrected chi connectivity index (χ3v) is 1.52. The van der Waals surface area contributed by atoms with E-state index in [9.17, 15) is 4.79 Å². The molecule has 0 saturated carbocycles. The van der Waals surface area contributed by atoms with Crippen molar-refractivity contribution >= 4 is 5.97 Å². The minimum absolute atomic E-state index is 0.127. The molecular weight excluding hydrogens is 148 g/mol. The first kappa shape index (κ1) is 8.49. The standard InChI is InChI=1S/C7H12O4/c1-5-10-4-6(11-5)3-7(8)9-2/h5-6H,3-4H2,1-2H3. The average molecular weight is 160 g/mol. The predicted octanol–water partition coefficient (Wildman–Crippen LogP) is 0.311. The van der Waals surface area contributed by atoms with Gasteiger partial charge in [-0.15, -0.1) is 0 Å². The van der Waals surface area contributed by atoms with Crippen LogP contribution in [0.4, 0.5) is 0 Å². The molecule has 1 saturated heterocycles. The minimum atomic E-state index is -0.257. The summed E-state index contributed by atoms with van der Waals surface area (Å²) < 4.78 is 14.8. The van der Waals surface area contributed by atoms with Crippen molar-refractivity contribution in [2.75, 3.05) is 13.7 Å². The van der Waals surface area contributed by atoms with Crippen LogP contribution in [0.3, 0.4) is 0 Å². The number of carbonyl (C=O) groups is 1. The van der Waals surface area contributed by atoms with Crippen LogP contribution in [-0.2, 0) is 19.0 Å². The summed E-state index contributed by atoms with van der Waals surface area (Å²) in [4.78, 5) is 10.7. The molecule has 0 aliphatic carbocycles. The van der Waals surface area contributed by atoms with Gasteiger partial charge in [0.05, 0.1) is 26.2 Å². The first-order chi connectivity index (χ1) is 5.22. The van der Waals surface area contributed by atoms with E-state index in [4.69, 9.17) is 9.47 Å². The van der Waals surface area contributed by atoms with Crippen molar-refractivity contribution in [2.24, 2.45) is 0 Å². The zero-order valence-electron chi connectivity index (χ0n) is 6.70. The molecule has 1 fully saturated rings. The first-order valence-corrected chi connectivity index (χ1v) is 3.56. The van der Waals surface area contributed by atoms with Gasteiger partial charge in [-0.05, 0) is 6.92 Å². The molecule has 0 spiro atoms. The Labute approximate surface area is 65.4 Å². The Hall–Kier alpha value is -0.610. The second-order valence-electron chi connectivity index (χ2n) is 2.44. The van der Waals surface area contributed by atoms with Gasteiger partial charge in [0.15, 0.2) is 6.29 Å². The molecule has 0 radical (unpaired) electrons. The van der Waals surface area contributed by atoms with Crippen LogP contribution >= 0.6 is 0 Å². The van der Waals surface area contributed by atoms with Gasteiger partial charge in [-0.25, -0.2) is 0 Å². The fourth-order valence-corrected chi connectivity index (χ4v) is 0.969. The van der Waals surface area contributed by atoms with Crippen molar-refractivity contribution in [1.29, 1.82) is 0 Å². The normalized spacial score (nSPS) is 30.4. The predicted molar refractivity (Wildman–Crippen MR) is 36.9 cm³/mol. The Morgan fingerprint density at radius 1 is 1.73 bits per heavy atom. The molecule has 0 aromatic rings. The fraction of sp³-hybridized carbons (Fsp3) is 0.857. The number of hydrogen-bond acceptors (Lipinski definition) is 4. The van der Waals surface area contributed by atoms with E-state index in [0.29, 0.717) is 6.61 Å². The van der Waals surface area contributed by atoms with Crippen LogP contribution in [0.2, 0.25) is 0 Å². The highest BCUT2D eigenvalue weighted by Gasteiger charge is 2.24. The Balaban J connectivity index is 2.23. The van der Waals surface area contributed by atoms with Gasteiger partial charge in [0, 0.05) is 0 Å². The molecule has 1 aliphatic heterocycles. The monoisotopic (exact) mass is 160 g/mol. The number of hydrogen-bond donors (Lipinski definition) is 0. The van der Waals surface area contributed by atoms with Crippen LogP contribution in [0, 0.1) is 0 Å². The summed E-state index contributed by atoms with van der Waals surface area (Å²) in [5.41, 5.74) is 0. The summed E-state index contributed by atoms with van der Waals surface area (Å²) in [5.74, 6) is -0.257. The van der Waals surface area contributed by atoms with Gasteiger partial charge in [-0.3, -0.25) is 4.79 Å². The smallest absolute Gasteiger partial charge is 0.308 e. The van der Waals surface area contributed by atoms with Gasteiger partial charge in [0.1, 0.15) is 0 Å². The molecule has 0 aromatic carbocycles. The summed E-state index contributed by atoms with van der Waals surface area (Å²) in [6, 6.07) is 0. The van der Waals surface area contributed by atoms with Crippen molar-refractivity contribution in [3.63, 3.8) is 0 Å². The van der Waals surface area contributed by atoms with Crippen molar-refractivity contribution in [2.45, 2.75) is 25.7 Å². The second kappa shape index (κ2) is 3.69. The zero-order chi connectivity index (χ0) is 8.27. The van der Waals surface area contributed by atoms with Crippen LogP contribution in [0.5, 0.6) is 0 Å². The van der Waals surface area contributed by atoms with E-state index < -0.39 is 0 Å². The van der Waals surface area contributed by atoms with Crippen LogP contribution in [-0.4, -0.2) is 32.1 Å². The number of rotatable bonds is 2. The summed E-state index contributed by atoms with van der Waals surface area (Å²) in [6.07, 6.45) is -0.0389. The van der Waals surface area contributed by atoms with Crippen LogP contribution < -0.4 is 0 Å². The quantitative estimate of drug-likeness (QED) is 0.545. The van der Waals surface area contributed by atoms with Crippen molar-refractivity contribution < 1.29 is 19.0 Å². The summed E-state index contributed by atoms with van der Waals surface area (Å²) in [5, 5.41) is 0. The van der Waals surface area contributed by atoms with Gasteiger partial charge >= 0.3 is 5.97 Å². The van der Waals surface area contributed by atoms with E-state index in [2.05, 4.69) is 4.74 Å². The van der Waals surface area contributed by atoms with E-state index >= 15 is 0 Å². The van der Waals surface area contributed by atoms with Crippen molar-refractivity contribution in [1.82, 2.24) is 0 Å². The lowest BCUT2D eigenvalue weighted by atomic mass is 10.3. The lowest BCUT2D eigenvalue weighted by Crippen LogP contribution is -2.17. The maximum atomic E-state index is 10.7. The van der Waals surface area contributed by atoms with E-state index in [1.54, 1.807) is 6.92 Å². The van der Waals surface area contributed by atoms with E-state index in [-0.39, 0.29) is 24.8 Å². The Bertz CT molecular complexity index is 145. The van der Waals surface area contributed by atoms with Gasteiger partial charge < -0.3 is 14.2 Å². The molecule has 2 atom stereocenters. The third-order valence-electron chi connectivity index (χ3n) is 1.52. The topological polar surface area (TPSA) is 44.8 Å². The summed E-state index contributed by atoms with van der Waals surface area (Å²) >= 11 is 0. The SMILES string of the molecule is COC(=O)CC1COC(C)O1. The maximum Gasteiger partial charge on any atom is 0.308 e. The number of ether oxygens (including phenoxy) is 3. The molecule has 2 unspecified atom stereocenters. The average Bonchev–Trinajstić information content (AvgIpc) is 2.35. The molecule has 0 N–H and O–H groups in total. The zero-order valence-corrected chi connectivity index (χ0v) is 6.70. The van der Waals surface area contributed by atoms with E-state index in [1.807, 2.05) is 0 Å². The largest absolute Gasteiger partial charge is 0.469 e. The summed E-state index contributed by atoms with van der Waals surface area (Å²) in [7, 11) is 1.36. The van der Waals surface area contributed by atoms with Crippen LogP contribution in [0.25, 0.3) is 0 Å².